The summed E-state index contributed by atoms with van der Waals surface area (Å²) in [5.41, 5.74) is 4.91. The van der Waals surface area contributed by atoms with E-state index in [9.17, 15) is 0 Å². The van der Waals surface area contributed by atoms with Gasteiger partial charge in [-0.2, -0.15) is 0 Å². The van der Waals surface area contributed by atoms with Gasteiger partial charge in [-0.15, -0.1) is 0 Å². The molecular formula is C5H11NO. The number of aliphatic hydroxyl groups is 1. The van der Waals surface area contributed by atoms with Crippen LogP contribution in [-0.2, 0) is 0 Å². The van der Waals surface area contributed by atoms with Crippen LogP contribution < -0.4 is 5.73 Å². The van der Waals surface area contributed by atoms with E-state index in [0.29, 0.717) is 0 Å². The zero-order valence-corrected chi connectivity index (χ0v) is 4.52. The maximum Gasteiger partial charge on any atom is 0.0797 e. The highest BCUT2D eigenvalue weighted by Crippen LogP contribution is 2.36. The summed E-state index contributed by atoms with van der Waals surface area (Å²) in [7, 11) is 0. The minimum atomic E-state index is -0.472. The molecule has 1 aliphatic carbocycles. The summed E-state index contributed by atoms with van der Waals surface area (Å²) in [5.74, 6) is 0. The molecule has 0 aromatic rings. The van der Waals surface area contributed by atoms with Crippen LogP contribution in [0.3, 0.4) is 0 Å². The summed E-state index contributed by atoms with van der Waals surface area (Å²) in [5, 5.41) is 9.08. The molecule has 0 radical (unpaired) electrons. The molecule has 1 fully saturated rings. The van der Waals surface area contributed by atoms with Crippen molar-refractivity contribution in [2.75, 3.05) is 0 Å². The molecule has 0 saturated heterocycles. The summed E-state index contributed by atoms with van der Waals surface area (Å²) >= 11 is 0. The van der Waals surface area contributed by atoms with E-state index in [4.69, 9.17) is 10.8 Å². The summed E-state index contributed by atoms with van der Waals surface area (Å²) in [4.78, 5) is 0. The van der Waals surface area contributed by atoms with Gasteiger partial charge in [-0.05, 0) is 19.8 Å². The van der Waals surface area contributed by atoms with Crippen molar-refractivity contribution in [2.24, 2.45) is 5.73 Å². The molecule has 7 heavy (non-hydrogen) atoms. The van der Waals surface area contributed by atoms with Gasteiger partial charge >= 0.3 is 0 Å². The van der Waals surface area contributed by atoms with Crippen LogP contribution in [0.5, 0.6) is 0 Å². The molecule has 2 heteroatoms. The molecule has 42 valence electrons. The first kappa shape index (κ1) is 5.06. The maximum atomic E-state index is 9.08. The van der Waals surface area contributed by atoms with Crippen molar-refractivity contribution >= 4 is 0 Å². The molecular weight excluding hydrogens is 90.1 g/mol. The monoisotopic (exact) mass is 101 g/mol. The third-order valence-electron chi connectivity index (χ3n) is 1.61. The van der Waals surface area contributed by atoms with Crippen LogP contribution in [-0.4, -0.2) is 16.7 Å². The molecule has 0 spiro atoms. The Balaban J connectivity index is 2.39. The number of rotatable bonds is 1. The summed E-state index contributed by atoms with van der Waals surface area (Å²) < 4.78 is 0. The van der Waals surface area contributed by atoms with Crippen LogP contribution >= 0.6 is 0 Å². The van der Waals surface area contributed by atoms with Crippen molar-refractivity contribution in [3.63, 3.8) is 0 Å². The van der Waals surface area contributed by atoms with E-state index >= 15 is 0 Å². The van der Waals surface area contributed by atoms with Crippen LogP contribution in [0.2, 0.25) is 0 Å². The third-order valence-corrected chi connectivity index (χ3v) is 1.61. The molecule has 3 N–H and O–H groups in total. The molecule has 0 amide bonds. The summed E-state index contributed by atoms with van der Waals surface area (Å²) in [6, 6.07) is -0.0347. The van der Waals surface area contributed by atoms with Gasteiger partial charge in [0.15, 0.2) is 0 Å². The standard InChI is InChI=1S/C5H11NO/c1-4(6)5(7)2-3-5/h4,7H,2-3,6H2,1H3/t4-/m1/s1. The van der Waals surface area contributed by atoms with E-state index in [1.54, 1.807) is 0 Å². The van der Waals surface area contributed by atoms with E-state index < -0.39 is 5.60 Å². The van der Waals surface area contributed by atoms with Gasteiger partial charge in [0, 0.05) is 6.04 Å². The predicted octanol–water partition coefficient (Wildman–Crippen LogP) is -0.142. The van der Waals surface area contributed by atoms with E-state index in [0.717, 1.165) is 12.8 Å². The van der Waals surface area contributed by atoms with E-state index in [2.05, 4.69) is 0 Å². The quantitative estimate of drug-likeness (QED) is 0.483. The smallest absolute Gasteiger partial charge is 0.0797 e. The SMILES string of the molecule is C[C@@H](N)C1(O)CC1. The van der Waals surface area contributed by atoms with Crippen molar-refractivity contribution in [3.8, 4) is 0 Å². The summed E-state index contributed by atoms with van der Waals surface area (Å²) in [6.07, 6.45) is 1.79. The van der Waals surface area contributed by atoms with Gasteiger partial charge in [0.05, 0.1) is 5.60 Å². The normalized spacial score (nSPS) is 29.6. The molecule has 1 atom stereocenters. The first-order valence-corrected chi connectivity index (χ1v) is 2.63. The first-order valence-electron chi connectivity index (χ1n) is 2.63. The van der Waals surface area contributed by atoms with Gasteiger partial charge in [0.2, 0.25) is 0 Å². The average Bonchev–Trinajstić information content (AvgIpc) is 2.21. The largest absolute Gasteiger partial charge is 0.388 e. The molecule has 2 nitrogen and oxygen atoms in total. The minimum Gasteiger partial charge on any atom is -0.388 e. The first-order chi connectivity index (χ1) is 3.15. The Labute approximate surface area is 43.3 Å². The van der Waals surface area contributed by atoms with Crippen molar-refractivity contribution < 1.29 is 5.11 Å². The van der Waals surface area contributed by atoms with Crippen LogP contribution in [0, 0.1) is 0 Å². The van der Waals surface area contributed by atoms with Crippen LogP contribution in [0.15, 0.2) is 0 Å². The van der Waals surface area contributed by atoms with Gasteiger partial charge in [0.1, 0.15) is 0 Å². The fourth-order valence-corrected chi connectivity index (χ4v) is 0.583. The molecule has 0 aromatic carbocycles. The van der Waals surface area contributed by atoms with Crippen LogP contribution in [0.1, 0.15) is 19.8 Å². The molecule has 0 unspecified atom stereocenters. The highest BCUT2D eigenvalue weighted by Gasteiger charge is 2.43. The Morgan fingerprint density at radius 3 is 2.14 bits per heavy atom. The van der Waals surface area contributed by atoms with Crippen molar-refractivity contribution in [1.29, 1.82) is 0 Å². The highest BCUT2D eigenvalue weighted by atomic mass is 16.3. The molecule has 1 rings (SSSR count). The van der Waals surface area contributed by atoms with E-state index in [1.807, 2.05) is 6.92 Å². The van der Waals surface area contributed by atoms with Crippen molar-refractivity contribution in [3.05, 3.63) is 0 Å². The lowest BCUT2D eigenvalue weighted by Gasteiger charge is -2.09. The fourth-order valence-electron chi connectivity index (χ4n) is 0.583. The zero-order valence-electron chi connectivity index (χ0n) is 4.52. The maximum absolute atomic E-state index is 9.08. The van der Waals surface area contributed by atoms with Crippen molar-refractivity contribution in [1.82, 2.24) is 0 Å². The van der Waals surface area contributed by atoms with Crippen LogP contribution in [0.4, 0.5) is 0 Å². The zero-order chi connectivity index (χ0) is 5.49. The van der Waals surface area contributed by atoms with E-state index in [1.165, 1.54) is 0 Å². The highest BCUT2D eigenvalue weighted by molar-refractivity contribution is 4.99. The second-order valence-corrected chi connectivity index (χ2v) is 2.39. The lowest BCUT2D eigenvalue weighted by atomic mass is 10.2. The van der Waals surface area contributed by atoms with Gasteiger partial charge in [-0.3, -0.25) is 0 Å². The second-order valence-electron chi connectivity index (χ2n) is 2.39. The molecule has 1 saturated carbocycles. The lowest BCUT2D eigenvalue weighted by Crippen LogP contribution is -2.32. The van der Waals surface area contributed by atoms with Crippen LogP contribution in [0.25, 0.3) is 0 Å². The third kappa shape index (κ3) is 0.763. The Hall–Kier alpha value is -0.0800. The second kappa shape index (κ2) is 1.20. The molecule has 0 aromatic heterocycles. The van der Waals surface area contributed by atoms with Gasteiger partial charge in [-0.25, -0.2) is 0 Å². The predicted molar refractivity (Wildman–Crippen MR) is 27.8 cm³/mol. The molecule has 0 heterocycles. The Bertz CT molecular complexity index is 76.1. The molecule has 0 aliphatic heterocycles. The lowest BCUT2D eigenvalue weighted by molar-refractivity contribution is 0.126. The number of nitrogens with two attached hydrogens (primary N) is 1. The number of hydrogen-bond acceptors (Lipinski definition) is 2. The summed E-state index contributed by atoms with van der Waals surface area (Å²) in [6.45, 7) is 1.84. The van der Waals surface area contributed by atoms with Crippen molar-refractivity contribution in [2.45, 2.75) is 31.4 Å². The Morgan fingerprint density at radius 2 is 2.14 bits per heavy atom. The topological polar surface area (TPSA) is 46.2 Å². The minimum absolute atomic E-state index is 0.0347. The van der Waals surface area contributed by atoms with E-state index in [-0.39, 0.29) is 6.04 Å². The molecule has 0 bridgehead atoms. The molecule has 1 aliphatic rings. The van der Waals surface area contributed by atoms with Gasteiger partial charge in [0.25, 0.3) is 0 Å². The van der Waals surface area contributed by atoms with Gasteiger partial charge < -0.3 is 10.8 Å². The Morgan fingerprint density at radius 1 is 1.71 bits per heavy atom. The van der Waals surface area contributed by atoms with Gasteiger partial charge in [-0.1, -0.05) is 0 Å². The Kier molecular flexibility index (Phi) is 0.869. The fraction of sp³-hybridized carbons (Fsp3) is 1.00. The average molecular weight is 101 g/mol. The number of hydrogen-bond donors (Lipinski definition) is 2.